The summed E-state index contributed by atoms with van der Waals surface area (Å²) >= 11 is 5.93. The lowest BCUT2D eigenvalue weighted by molar-refractivity contribution is -0.137. The van der Waals surface area contributed by atoms with E-state index in [1.54, 1.807) is 56.5 Å². The summed E-state index contributed by atoms with van der Waals surface area (Å²) in [6.07, 6.45) is 1.39. The molecule has 5 nitrogen and oxygen atoms in total. The van der Waals surface area contributed by atoms with Gasteiger partial charge in [-0.05, 0) is 36.8 Å². The fourth-order valence-corrected chi connectivity index (χ4v) is 2.18. The van der Waals surface area contributed by atoms with Crippen molar-refractivity contribution in [2.75, 3.05) is 24.8 Å². The third-order valence-corrected chi connectivity index (χ3v) is 3.48. The van der Waals surface area contributed by atoms with Crippen molar-refractivity contribution in [2.24, 2.45) is 0 Å². The number of hydrogen-bond donors (Lipinski definition) is 2. The second kappa shape index (κ2) is 8.26. The summed E-state index contributed by atoms with van der Waals surface area (Å²) in [5.41, 5.74) is 8.52. The van der Waals surface area contributed by atoms with Gasteiger partial charge >= 0.3 is 5.97 Å². The van der Waals surface area contributed by atoms with Crippen LogP contribution in [0.25, 0.3) is 5.70 Å². The van der Waals surface area contributed by atoms with Crippen molar-refractivity contribution in [1.29, 1.82) is 0 Å². The number of carbonyl (C=O) groups is 1. The summed E-state index contributed by atoms with van der Waals surface area (Å²) in [6, 6.07) is 12.4. The molecule has 0 unspecified atom stereocenters. The standard InChI is InChI=1S/C18H19ClN2O3/c1-3-24-18(22)11-17(12-4-6-13(19)7-5-12)21-16-9-8-14(23-2)10-15(16)20/h4-11,21H,3,20H2,1-2H3/b17-11+. The summed E-state index contributed by atoms with van der Waals surface area (Å²) in [7, 11) is 1.57. The number of carbonyl (C=O) groups excluding carboxylic acids is 1. The molecule has 0 aromatic heterocycles. The Hall–Kier alpha value is -2.66. The molecule has 0 saturated carbocycles. The summed E-state index contributed by atoms with van der Waals surface area (Å²) in [5.74, 6) is 0.211. The molecule has 0 heterocycles. The number of benzene rings is 2. The van der Waals surface area contributed by atoms with Crippen molar-refractivity contribution in [3.05, 3.63) is 59.1 Å². The predicted octanol–water partition coefficient (Wildman–Crippen LogP) is 3.95. The minimum Gasteiger partial charge on any atom is -0.497 e. The Kier molecular flexibility index (Phi) is 6.09. The van der Waals surface area contributed by atoms with E-state index in [1.807, 2.05) is 0 Å². The second-order valence-electron chi connectivity index (χ2n) is 4.90. The van der Waals surface area contributed by atoms with Crippen molar-refractivity contribution in [3.8, 4) is 5.75 Å². The Balaban J connectivity index is 2.35. The Morgan fingerprint density at radius 1 is 1.25 bits per heavy atom. The molecule has 2 rings (SSSR count). The van der Waals surface area contributed by atoms with Crippen molar-refractivity contribution < 1.29 is 14.3 Å². The van der Waals surface area contributed by atoms with Crippen LogP contribution < -0.4 is 15.8 Å². The molecule has 6 heteroatoms. The zero-order chi connectivity index (χ0) is 17.5. The number of hydrogen-bond acceptors (Lipinski definition) is 5. The molecular formula is C18H19ClN2O3. The molecular weight excluding hydrogens is 328 g/mol. The molecule has 0 atom stereocenters. The maximum Gasteiger partial charge on any atom is 0.332 e. The van der Waals surface area contributed by atoms with Crippen LogP contribution in [0.4, 0.5) is 11.4 Å². The van der Waals surface area contributed by atoms with Crippen LogP contribution in [-0.4, -0.2) is 19.7 Å². The Bertz CT molecular complexity index is 742. The molecule has 0 aliphatic heterocycles. The number of nitrogen functional groups attached to an aromatic ring is 1. The molecule has 0 amide bonds. The van der Waals surface area contributed by atoms with Crippen LogP contribution in [0.1, 0.15) is 12.5 Å². The lowest BCUT2D eigenvalue weighted by Gasteiger charge is -2.14. The van der Waals surface area contributed by atoms with E-state index >= 15 is 0 Å². The molecule has 24 heavy (non-hydrogen) atoms. The van der Waals surface area contributed by atoms with Crippen molar-refractivity contribution in [2.45, 2.75) is 6.92 Å². The van der Waals surface area contributed by atoms with Crippen molar-refractivity contribution in [3.63, 3.8) is 0 Å². The van der Waals surface area contributed by atoms with E-state index in [0.717, 1.165) is 5.56 Å². The first kappa shape index (κ1) is 17.7. The van der Waals surface area contributed by atoms with Crippen LogP contribution in [0.3, 0.4) is 0 Å². The van der Waals surface area contributed by atoms with E-state index in [1.165, 1.54) is 6.08 Å². The lowest BCUT2D eigenvalue weighted by atomic mass is 10.1. The topological polar surface area (TPSA) is 73.6 Å². The maximum atomic E-state index is 11.9. The third kappa shape index (κ3) is 4.67. The average Bonchev–Trinajstić information content (AvgIpc) is 2.57. The fraction of sp³-hybridized carbons (Fsp3) is 0.167. The minimum absolute atomic E-state index is 0.300. The van der Waals surface area contributed by atoms with Gasteiger partial charge in [0.05, 0.1) is 30.8 Å². The van der Waals surface area contributed by atoms with Crippen molar-refractivity contribution in [1.82, 2.24) is 0 Å². The SMILES string of the molecule is CCOC(=O)/C=C(/Nc1ccc(OC)cc1N)c1ccc(Cl)cc1. The van der Waals surface area contributed by atoms with Gasteiger partial charge in [-0.1, -0.05) is 23.7 Å². The summed E-state index contributed by atoms with van der Waals surface area (Å²) < 4.78 is 10.1. The molecule has 126 valence electrons. The van der Waals surface area contributed by atoms with E-state index in [0.29, 0.717) is 34.5 Å². The van der Waals surface area contributed by atoms with Crippen LogP contribution in [0.5, 0.6) is 5.75 Å². The lowest BCUT2D eigenvalue weighted by Crippen LogP contribution is -2.07. The van der Waals surface area contributed by atoms with Crippen LogP contribution >= 0.6 is 11.6 Å². The van der Waals surface area contributed by atoms with E-state index in [9.17, 15) is 4.79 Å². The Morgan fingerprint density at radius 2 is 1.96 bits per heavy atom. The zero-order valence-electron chi connectivity index (χ0n) is 13.5. The molecule has 0 bridgehead atoms. The minimum atomic E-state index is -0.443. The summed E-state index contributed by atoms with van der Waals surface area (Å²) in [4.78, 5) is 11.9. The van der Waals surface area contributed by atoms with Gasteiger partial charge in [0.15, 0.2) is 0 Å². The number of anilines is 2. The quantitative estimate of drug-likeness (QED) is 0.470. The number of nitrogens with one attached hydrogen (secondary N) is 1. The molecule has 0 spiro atoms. The normalized spacial score (nSPS) is 11.0. The number of halogens is 1. The number of methoxy groups -OCH3 is 1. The number of nitrogens with two attached hydrogens (primary N) is 1. The first-order valence-electron chi connectivity index (χ1n) is 7.38. The number of rotatable bonds is 6. The van der Waals surface area contributed by atoms with Crippen LogP contribution in [-0.2, 0) is 9.53 Å². The van der Waals surface area contributed by atoms with Crippen LogP contribution in [0.15, 0.2) is 48.5 Å². The van der Waals surface area contributed by atoms with E-state index in [-0.39, 0.29) is 0 Å². The molecule has 3 N–H and O–H groups in total. The Morgan fingerprint density at radius 3 is 2.54 bits per heavy atom. The maximum absolute atomic E-state index is 11.9. The molecule has 2 aromatic carbocycles. The third-order valence-electron chi connectivity index (χ3n) is 3.23. The number of esters is 1. The predicted molar refractivity (Wildman–Crippen MR) is 97.1 cm³/mol. The summed E-state index contributed by atoms with van der Waals surface area (Å²) in [6.45, 7) is 2.05. The Labute approximate surface area is 146 Å². The van der Waals surface area contributed by atoms with Gasteiger partial charge in [-0.2, -0.15) is 0 Å². The van der Waals surface area contributed by atoms with Crippen LogP contribution in [0, 0.1) is 0 Å². The van der Waals surface area contributed by atoms with Gasteiger partial charge < -0.3 is 20.5 Å². The fourth-order valence-electron chi connectivity index (χ4n) is 2.05. The first-order valence-corrected chi connectivity index (χ1v) is 7.76. The number of ether oxygens (including phenoxy) is 2. The van der Waals surface area contributed by atoms with Gasteiger partial charge in [0, 0.05) is 17.2 Å². The van der Waals surface area contributed by atoms with E-state index in [4.69, 9.17) is 26.8 Å². The van der Waals surface area contributed by atoms with E-state index < -0.39 is 5.97 Å². The highest BCUT2D eigenvalue weighted by molar-refractivity contribution is 6.30. The first-order chi connectivity index (χ1) is 11.5. The van der Waals surface area contributed by atoms with Gasteiger partial charge in [-0.25, -0.2) is 4.79 Å². The molecule has 0 fully saturated rings. The van der Waals surface area contributed by atoms with Gasteiger partial charge in [0.1, 0.15) is 5.75 Å². The van der Waals surface area contributed by atoms with Gasteiger partial charge in [0.2, 0.25) is 0 Å². The highest BCUT2D eigenvalue weighted by atomic mass is 35.5. The largest absolute Gasteiger partial charge is 0.497 e. The van der Waals surface area contributed by atoms with Gasteiger partial charge in [0.25, 0.3) is 0 Å². The highest BCUT2D eigenvalue weighted by Crippen LogP contribution is 2.28. The summed E-state index contributed by atoms with van der Waals surface area (Å²) in [5, 5.41) is 3.77. The molecule has 0 aliphatic rings. The average molecular weight is 347 g/mol. The van der Waals surface area contributed by atoms with Gasteiger partial charge in [-0.15, -0.1) is 0 Å². The van der Waals surface area contributed by atoms with E-state index in [2.05, 4.69) is 5.32 Å². The molecule has 0 saturated heterocycles. The smallest absolute Gasteiger partial charge is 0.332 e. The molecule has 2 aromatic rings. The van der Waals surface area contributed by atoms with Gasteiger partial charge in [-0.3, -0.25) is 0 Å². The van der Waals surface area contributed by atoms with Crippen molar-refractivity contribution >= 4 is 34.6 Å². The highest BCUT2D eigenvalue weighted by Gasteiger charge is 2.09. The zero-order valence-corrected chi connectivity index (χ0v) is 14.3. The second-order valence-corrected chi connectivity index (χ2v) is 5.33. The molecule has 0 aliphatic carbocycles. The molecule has 0 radical (unpaired) electrons. The van der Waals surface area contributed by atoms with Crippen LogP contribution in [0.2, 0.25) is 5.02 Å². The monoisotopic (exact) mass is 346 g/mol.